The fourth-order valence-corrected chi connectivity index (χ4v) is 10.7. The van der Waals surface area contributed by atoms with Gasteiger partial charge in [-0.3, -0.25) is 19.7 Å². The molecule has 7 N–H and O–H groups in total. The largest absolute Gasteiger partial charge is 0.485 e. The molecule has 5 aliphatic rings. The van der Waals surface area contributed by atoms with Gasteiger partial charge in [0.2, 0.25) is 17.7 Å². The van der Waals surface area contributed by atoms with Crippen LogP contribution in [0.25, 0.3) is 0 Å². The third-order valence-electron chi connectivity index (χ3n) is 13.5. The first-order chi connectivity index (χ1) is 25.5. The highest BCUT2D eigenvalue weighted by molar-refractivity contribution is 5.99. The summed E-state index contributed by atoms with van der Waals surface area (Å²) in [6, 6.07) is 13.6. The van der Waals surface area contributed by atoms with Crippen molar-refractivity contribution in [2.75, 3.05) is 0 Å². The molecule has 12 nitrogen and oxygen atoms in total. The lowest BCUT2D eigenvalue weighted by molar-refractivity contribution is -0.128. The number of nitrogens with one attached hydrogen (secondary N) is 3. The van der Waals surface area contributed by atoms with E-state index >= 15 is 0 Å². The smallest absolute Gasteiger partial charge is 0.229 e. The summed E-state index contributed by atoms with van der Waals surface area (Å²) < 4.78 is 12.2. The summed E-state index contributed by atoms with van der Waals surface area (Å²) in [7, 11) is 0. The summed E-state index contributed by atoms with van der Waals surface area (Å²) in [4.78, 5) is 47.1. The lowest BCUT2D eigenvalue weighted by atomic mass is 9.64. The Labute approximate surface area is 318 Å². The molecular weight excluding hydrogens is 686 g/mol. The van der Waals surface area contributed by atoms with E-state index in [0.717, 1.165) is 11.1 Å². The second-order valence-electron chi connectivity index (χ2n) is 17.5. The van der Waals surface area contributed by atoms with Crippen molar-refractivity contribution in [3.05, 3.63) is 59.7 Å². The highest BCUT2D eigenvalue weighted by Gasteiger charge is 2.67. The predicted molar refractivity (Wildman–Crippen MR) is 203 cm³/mol. The summed E-state index contributed by atoms with van der Waals surface area (Å²) >= 11 is 0. The van der Waals surface area contributed by atoms with E-state index < -0.39 is 41.0 Å². The van der Waals surface area contributed by atoms with Gasteiger partial charge in [-0.05, 0) is 75.3 Å². The standard InChI is InChI=1S/C42H57N5O7/c1-9-24(29-20(3)31(29)37(51)45-33-22-15-11-13-17-26(22)53-40(5,6)35(33)49)42(19-28(48)44-39(43)47-42)25(10-2)30-21(4)32(30)38(52)46-34-23-16-12-14-18-27(23)54-41(7,8)36(34)50/h11-18,20-21,24-25,29-36,49-50H,9-10,19H2,1-8H3,(H,45,51)(H,46,52)(H3,43,44,47,48)/t20?,21?,24?,25?,29?,30?,31?,32?,33-,34-,35-,36-,42?/m1/s1. The van der Waals surface area contributed by atoms with Gasteiger partial charge in [0.25, 0.3) is 0 Å². The number of guanidine groups is 1. The quantitative estimate of drug-likeness (QED) is 0.210. The summed E-state index contributed by atoms with van der Waals surface area (Å²) in [6.45, 7) is 15.5. The Morgan fingerprint density at radius 2 is 1.22 bits per heavy atom. The number of amides is 3. The first-order valence-corrected chi connectivity index (χ1v) is 19.6. The SMILES string of the molecule is CCC(C1C(C)C1C(=O)N[C@@H]1c2ccccc2OC(C)(C)[C@@H]1O)C1(C(CC)C2C(C)C2C(=O)N[C@@H]2c3ccccc3OC(C)(C)[C@@H]2O)CC(=O)NC(N)=N1. The van der Waals surface area contributed by atoms with E-state index in [1.807, 2.05) is 76.2 Å². The molecule has 0 spiro atoms. The minimum Gasteiger partial charge on any atom is -0.485 e. The van der Waals surface area contributed by atoms with E-state index in [9.17, 15) is 24.6 Å². The Kier molecular flexibility index (Phi) is 9.56. The number of para-hydroxylation sites is 2. The van der Waals surface area contributed by atoms with E-state index in [4.69, 9.17) is 20.2 Å². The monoisotopic (exact) mass is 743 g/mol. The lowest BCUT2D eigenvalue weighted by Gasteiger charge is -2.46. The molecule has 0 aromatic heterocycles. The molecule has 3 heterocycles. The number of fused-ring (bicyclic) bond motifs is 2. The Bertz CT molecular complexity index is 1730. The Hall–Kier alpha value is -4.16. The van der Waals surface area contributed by atoms with Crippen molar-refractivity contribution < 1.29 is 34.1 Å². The van der Waals surface area contributed by atoms with E-state index in [0.29, 0.717) is 24.3 Å². The first-order valence-electron chi connectivity index (χ1n) is 19.6. The van der Waals surface area contributed by atoms with Crippen LogP contribution in [0.4, 0.5) is 0 Å². The molecule has 12 atom stereocenters. The highest BCUT2D eigenvalue weighted by Crippen LogP contribution is 2.63. The van der Waals surface area contributed by atoms with Gasteiger partial charge in [0.1, 0.15) is 34.9 Å². The van der Waals surface area contributed by atoms with E-state index in [-0.39, 0.29) is 77.4 Å². The molecule has 8 unspecified atom stereocenters. The average Bonchev–Trinajstić information content (AvgIpc) is 3.98. The van der Waals surface area contributed by atoms with E-state index in [2.05, 4.69) is 43.6 Å². The van der Waals surface area contributed by atoms with Gasteiger partial charge in [0.15, 0.2) is 5.96 Å². The topological polar surface area (TPSA) is 185 Å². The molecule has 3 amide bonds. The molecule has 54 heavy (non-hydrogen) atoms. The number of carbonyl (C=O) groups excluding carboxylic acids is 3. The predicted octanol–water partition coefficient (Wildman–Crippen LogP) is 4.16. The van der Waals surface area contributed by atoms with Gasteiger partial charge in [-0.25, -0.2) is 4.99 Å². The third kappa shape index (κ3) is 6.23. The number of hydrogen-bond donors (Lipinski definition) is 6. The minimum absolute atomic E-state index is 0.0138. The number of aliphatic hydroxyl groups is 2. The molecular formula is C42H57N5O7. The number of nitrogens with two attached hydrogens (primary N) is 1. The fraction of sp³-hybridized carbons (Fsp3) is 0.619. The normalized spacial score (nSPS) is 36.7. The van der Waals surface area contributed by atoms with E-state index in [1.165, 1.54) is 0 Å². The molecule has 12 heteroatoms. The maximum atomic E-state index is 14.2. The van der Waals surface area contributed by atoms with Gasteiger partial charge in [-0.1, -0.05) is 76.9 Å². The second-order valence-corrected chi connectivity index (χ2v) is 17.5. The van der Waals surface area contributed by atoms with Gasteiger partial charge in [-0.2, -0.15) is 0 Å². The molecule has 2 aromatic carbocycles. The molecule has 292 valence electrons. The zero-order valence-corrected chi connectivity index (χ0v) is 32.6. The molecule has 2 aromatic rings. The third-order valence-corrected chi connectivity index (χ3v) is 13.5. The van der Waals surface area contributed by atoms with Crippen LogP contribution >= 0.6 is 0 Å². The van der Waals surface area contributed by atoms with Gasteiger partial charge in [0, 0.05) is 23.0 Å². The lowest BCUT2D eigenvalue weighted by Crippen LogP contribution is -2.57. The zero-order valence-electron chi connectivity index (χ0n) is 32.6. The number of rotatable bonds is 10. The van der Waals surface area contributed by atoms with E-state index in [1.54, 1.807) is 0 Å². The summed E-state index contributed by atoms with van der Waals surface area (Å²) in [5.74, 6) is -0.588. The Morgan fingerprint density at radius 1 is 0.815 bits per heavy atom. The first kappa shape index (κ1) is 38.1. The van der Waals surface area contributed by atoms with Crippen LogP contribution in [0.3, 0.4) is 0 Å². The van der Waals surface area contributed by atoms with Crippen molar-refractivity contribution >= 4 is 23.7 Å². The van der Waals surface area contributed by atoms with Crippen LogP contribution in [0.2, 0.25) is 0 Å². The highest BCUT2D eigenvalue weighted by atomic mass is 16.5. The fourth-order valence-electron chi connectivity index (χ4n) is 10.7. The average molecular weight is 744 g/mol. The van der Waals surface area contributed by atoms with Crippen molar-refractivity contribution in [3.63, 3.8) is 0 Å². The van der Waals surface area contributed by atoms with Gasteiger partial charge in [-0.15, -0.1) is 0 Å². The summed E-state index contributed by atoms with van der Waals surface area (Å²) in [5.41, 5.74) is 5.06. The Balaban J connectivity index is 1.15. The van der Waals surface area contributed by atoms with Crippen LogP contribution in [0.15, 0.2) is 53.5 Å². The van der Waals surface area contributed by atoms with Crippen molar-refractivity contribution in [3.8, 4) is 11.5 Å². The molecule has 3 aliphatic heterocycles. The molecule has 0 saturated heterocycles. The van der Waals surface area contributed by atoms with Crippen LogP contribution < -0.4 is 31.2 Å². The number of hydrogen-bond acceptors (Lipinski definition) is 9. The number of aliphatic imine (C=N–C) groups is 1. The van der Waals surface area contributed by atoms with Crippen LogP contribution in [0, 0.1) is 47.3 Å². The Morgan fingerprint density at radius 3 is 1.61 bits per heavy atom. The second kappa shape index (κ2) is 13.5. The molecule has 0 radical (unpaired) electrons. The van der Waals surface area contributed by atoms with Crippen LogP contribution in [-0.2, 0) is 14.4 Å². The molecule has 2 saturated carbocycles. The molecule has 7 rings (SSSR count). The number of carbonyl (C=O) groups is 3. The number of nitrogens with zero attached hydrogens (tertiary/aromatic N) is 1. The molecule has 2 aliphatic carbocycles. The molecule has 0 bridgehead atoms. The van der Waals surface area contributed by atoms with Crippen molar-refractivity contribution in [2.45, 2.75) is 116 Å². The van der Waals surface area contributed by atoms with Gasteiger partial charge in [0.05, 0.1) is 24.0 Å². The van der Waals surface area contributed by atoms with Crippen molar-refractivity contribution in [1.82, 2.24) is 16.0 Å². The zero-order chi connectivity index (χ0) is 39.1. The van der Waals surface area contributed by atoms with Gasteiger partial charge >= 0.3 is 0 Å². The van der Waals surface area contributed by atoms with Gasteiger partial charge < -0.3 is 36.1 Å². The maximum Gasteiger partial charge on any atom is 0.229 e. The number of benzene rings is 2. The number of aliphatic hydroxyl groups excluding tert-OH is 2. The van der Waals surface area contributed by atoms with Crippen LogP contribution in [-0.4, -0.2) is 62.8 Å². The summed E-state index contributed by atoms with van der Waals surface area (Å²) in [6.07, 6.45) is -0.565. The minimum atomic E-state index is -0.977. The molecule has 2 fully saturated rings. The van der Waals surface area contributed by atoms with Crippen LogP contribution in [0.1, 0.15) is 97.9 Å². The van der Waals surface area contributed by atoms with Crippen LogP contribution in [0.5, 0.6) is 11.5 Å². The summed E-state index contributed by atoms with van der Waals surface area (Å²) in [5, 5.41) is 31.8. The van der Waals surface area contributed by atoms with Crippen molar-refractivity contribution in [2.24, 2.45) is 58.1 Å². The van der Waals surface area contributed by atoms with Crippen molar-refractivity contribution in [1.29, 1.82) is 0 Å². The number of ether oxygens (including phenoxy) is 2. The maximum absolute atomic E-state index is 14.2.